The van der Waals surface area contributed by atoms with E-state index in [1.807, 2.05) is 36.4 Å². The second kappa shape index (κ2) is 7.08. The first kappa shape index (κ1) is 13.8. The van der Waals surface area contributed by atoms with Crippen LogP contribution < -0.4 is 4.74 Å². The summed E-state index contributed by atoms with van der Waals surface area (Å²) >= 11 is 7.54. The lowest BCUT2D eigenvalue weighted by Gasteiger charge is -2.06. The Bertz CT molecular complexity index is 560. The number of thioether (sulfide) groups is 1. The fourth-order valence-corrected chi connectivity index (χ4v) is 2.33. The van der Waals surface area contributed by atoms with Gasteiger partial charge >= 0.3 is 0 Å². The summed E-state index contributed by atoms with van der Waals surface area (Å²) in [4.78, 5) is 1.17. The van der Waals surface area contributed by atoms with Crippen molar-refractivity contribution in [2.75, 3.05) is 12.4 Å². The lowest BCUT2D eigenvalue weighted by molar-refractivity contribution is 0.344. The zero-order valence-corrected chi connectivity index (χ0v) is 11.7. The molecule has 0 heterocycles. The van der Waals surface area contributed by atoms with Gasteiger partial charge in [0.1, 0.15) is 5.75 Å². The first-order chi connectivity index (χ1) is 9.28. The lowest BCUT2D eigenvalue weighted by atomic mass is 10.2. The molecule has 0 aliphatic rings. The monoisotopic (exact) mass is 289 g/mol. The second-order valence-corrected chi connectivity index (χ2v) is 5.39. The van der Waals surface area contributed by atoms with E-state index in [-0.39, 0.29) is 0 Å². The largest absolute Gasteiger partial charge is 0.493 e. The Balaban J connectivity index is 1.74. The third-order valence-corrected chi connectivity index (χ3v) is 3.65. The van der Waals surface area contributed by atoms with Crippen LogP contribution in [0.2, 0.25) is 5.02 Å². The van der Waals surface area contributed by atoms with Gasteiger partial charge < -0.3 is 4.74 Å². The molecular weight excluding hydrogens is 278 g/mol. The molecule has 2 aromatic carbocycles. The minimum absolute atomic E-state index is 0.624. The summed E-state index contributed by atoms with van der Waals surface area (Å²) in [6.07, 6.45) is 0. The molecule has 0 N–H and O–H groups in total. The average molecular weight is 290 g/mol. The van der Waals surface area contributed by atoms with Crippen molar-refractivity contribution in [3.63, 3.8) is 0 Å². The van der Waals surface area contributed by atoms with Crippen molar-refractivity contribution in [2.24, 2.45) is 0 Å². The van der Waals surface area contributed by atoms with E-state index in [9.17, 15) is 0 Å². The molecule has 0 bridgehead atoms. The van der Waals surface area contributed by atoms with Gasteiger partial charge in [0.25, 0.3) is 0 Å². The maximum absolute atomic E-state index is 8.68. The summed E-state index contributed by atoms with van der Waals surface area (Å²) < 4.78 is 5.59. The molecular formula is C15H12ClNOS. The van der Waals surface area contributed by atoms with E-state index in [1.165, 1.54) is 4.90 Å². The van der Waals surface area contributed by atoms with Gasteiger partial charge in [0, 0.05) is 15.7 Å². The van der Waals surface area contributed by atoms with Crippen molar-refractivity contribution in [2.45, 2.75) is 4.90 Å². The van der Waals surface area contributed by atoms with Gasteiger partial charge in [-0.05, 0) is 48.5 Å². The van der Waals surface area contributed by atoms with Gasteiger partial charge in [0.15, 0.2) is 0 Å². The van der Waals surface area contributed by atoms with Crippen LogP contribution in [0, 0.1) is 11.3 Å². The van der Waals surface area contributed by atoms with Crippen LogP contribution in [0.15, 0.2) is 53.4 Å². The van der Waals surface area contributed by atoms with Crippen molar-refractivity contribution < 1.29 is 4.74 Å². The Morgan fingerprint density at radius 2 is 1.74 bits per heavy atom. The van der Waals surface area contributed by atoms with Gasteiger partial charge in [-0.2, -0.15) is 5.26 Å². The highest BCUT2D eigenvalue weighted by Crippen LogP contribution is 2.20. The quantitative estimate of drug-likeness (QED) is 0.605. The summed E-state index contributed by atoms with van der Waals surface area (Å²) in [5.41, 5.74) is 0.642. The Morgan fingerprint density at radius 1 is 1.05 bits per heavy atom. The molecule has 0 aliphatic heterocycles. The predicted octanol–water partition coefficient (Wildman–Crippen LogP) is 4.38. The number of nitrogens with zero attached hydrogens (tertiary/aromatic N) is 1. The Kier molecular flexibility index (Phi) is 5.14. The molecule has 0 aliphatic carbocycles. The highest BCUT2D eigenvalue weighted by atomic mass is 35.5. The van der Waals surface area contributed by atoms with Gasteiger partial charge in [0.2, 0.25) is 0 Å². The number of halogens is 1. The highest BCUT2D eigenvalue weighted by Gasteiger charge is 1.97. The summed E-state index contributed by atoms with van der Waals surface area (Å²) in [6.45, 7) is 0.624. The summed E-state index contributed by atoms with van der Waals surface area (Å²) in [5.74, 6) is 1.65. The van der Waals surface area contributed by atoms with Gasteiger partial charge in [-0.1, -0.05) is 11.6 Å². The van der Waals surface area contributed by atoms with Crippen molar-refractivity contribution in [1.29, 1.82) is 5.26 Å². The zero-order valence-electron chi connectivity index (χ0n) is 10.2. The molecule has 0 spiro atoms. The van der Waals surface area contributed by atoms with Crippen molar-refractivity contribution in [3.8, 4) is 11.8 Å². The molecule has 2 nitrogen and oxygen atoms in total. The van der Waals surface area contributed by atoms with E-state index in [4.69, 9.17) is 21.6 Å². The molecule has 2 aromatic rings. The molecule has 0 saturated heterocycles. The van der Waals surface area contributed by atoms with E-state index >= 15 is 0 Å². The van der Waals surface area contributed by atoms with Crippen LogP contribution in [-0.2, 0) is 0 Å². The number of benzene rings is 2. The minimum atomic E-state index is 0.624. The van der Waals surface area contributed by atoms with Crippen LogP contribution in [0.25, 0.3) is 0 Å². The number of ether oxygens (including phenoxy) is 1. The number of hydrogen-bond donors (Lipinski definition) is 0. The average Bonchev–Trinajstić information content (AvgIpc) is 2.46. The smallest absolute Gasteiger partial charge is 0.119 e. The predicted molar refractivity (Wildman–Crippen MR) is 78.8 cm³/mol. The van der Waals surface area contributed by atoms with Crippen molar-refractivity contribution in [1.82, 2.24) is 0 Å². The van der Waals surface area contributed by atoms with Crippen LogP contribution in [0.5, 0.6) is 5.75 Å². The van der Waals surface area contributed by atoms with Crippen molar-refractivity contribution in [3.05, 3.63) is 59.1 Å². The molecule has 0 radical (unpaired) electrons. The van der Waals surface area contributed by atoms with Crippen LogP contribution in [0.4, 0.5) is 0 Å². The van der Waals surface area contributed by atoms with Gasteiger partial charge in [-0.15, -0.1) is 11.8 Å². The fourth-order valence-electron chi connectivity index (χ4n) is 1.48. The molecule has 0 saturated carbocycles. The standard InChI is InChI=1S/C15H12ClNOS/c16-13-3-7-15(8-4-13)19-10-9-18-14-5-1-12(11-17)2-6-14/h1-8H,9-10H2. The number of nitriles is 1. The molecule has 0 aromatic heterocycles. The van der Waals surface area contributed by atoms with E-state index in [0.717, 1.165) is 16.5 Å². The van der Waals surface area contributed by atoms with E-state index in [2.05, 4.69) is 6.07 Å². The zero-order chi connectivity index (χ0) is 13.5. The molecule has 19 heavy (non-hydrogen) atoms. The molecule has 0 fully saturated rings. The maximum Gasteiger partial charge on any atom is 0.119 e. The van der Waals surface area contributed by atoms with E-state index in [0.29, 0.717) is 12.2 Å². The van der Waals surface area contributed by atoms with Crippen molar-refractivity contribution >= 4 is 23.4 Å². The summed E-state index contributed by atoms with van der Waals surface area (Å²) in [5, 5.41) is 9.43. The molecule has 2 rings (SSSR count). The lowest BCUT2D eigenvalue weighted by Crippen LogP contribution is -1.99. The minimum Gasteiger partial charge on any atom is -0.493 e. The summed E-state index contributed by atoms with van der Waals surface area (Å²) in [6, 6.07) is 17.0. The molecule has 96 valence electrons. The van der Waals surface area contributed by atoms with Gasteiger partial charge in [-0.3, -0.25) is 0 Å². The van der Waals surface area contributed by atoms with Crippen LogP contribution in [0.3, 0.4) is 0 Å². The SMILES string of the molecule is N#Cc1ccc(OCCSc2ccc(Cl)cc2)cc1. The van der Waals surface area contributed by atoms with E-state index < -0.39 is 0 Å². The second-order valence-electron chi connectivity index (χ2n) is 3.79. The maximum atomic E-state index is 8.68. The first-order valence-corrected chi connectivity index (χ1v) is 7.15. The first-order valence-electron chi connectivity index (χ1n) is 5.79. The molecule has 0 atom stereocenters. The fraction of sp³-hybridized carbons (Fsp3) is 0.133. The van der Waals surface area contributed by atoms with Crippen LogP contribution in [0.1, 0.15) is 5.56 Å². The molecule has 4 heteroatoms. The topological polar surface area (TPSA) is 33.0 Å². The third kappa shape index (κ3) is 4.51. The molecule has 0 unspecified atom stereocenters. The third-order valence-electron chi connectivity index (χ3n) is 2.42. The Labute approximate surface area is 122 Å². The molecule has 0 amide bonds. The van der Waals surface area contributed by atoms with Gasteiger partial charge in [0.05, 0.1) is 18.2 Å². The normalized spacial score (nSPS) is 9.89. The Hall–Kier alpha value is -1.63. The highest BCUT2D eigenvalue weighted by molar-refractivity contribution is 7.99. The van der Waals surface area contributed by atoms with Crippen LogP contribution in [-0.4, -0.2) is 12.4 Å². The van der Waals surface area contributed by atoms with Crippen LogP contribution >= 0.6 is 23.4 Å². The number of hydrogen-bond acceptors (Lipinski definition) is 3. The van der Waals surface area contributed by atoms with E-state index in [1.54, 1.807) is 23.9 Å². The number of rotatable bonds is 5. The summed E-state index contributed by atoms with van der Waals surface area (Å²) in [7, 11) is 0. The van der Waals surface area contributed by atoms with Gasteiger partial charge in [-0.25, -0.2) is 0 Å². The Morgan fingerprint density at radius 3 is 2.37 bits per heavy atom.